The number of hydrogen-bond donors (Lipinski definition) is 1. The van der Waals surface area contributed by atoms with Gasteiger partial charge in [-0.2, -0.15) is 11.8 Å². The number of rotatable bonds is 5. The third kappa shape index (κ3) is 2.36. The van der Waals surface area contributed by atoms with Crippen LogP contribution in [0.3, 0.4) is 0 Å². The first kappa shape index (κ1) is 13.0. The van der Waals surface area contributed by atoms with Crippen LogP contribution in [0.25, 0.3) is 0 Å². The summed E-state index contributed by atoms with van der Waals surface area (Å²) in [5.41, 5.74) is 1.55. The molecule has 1 heterocycles. The summed E-state index contributed by atoms with van der Waals surface area (Å²) in [6.45, 7) is 0.403. The molecule has 18 heavy (non-hydrogen) atoms. The third-order valence-electron chi connectivity index (χ3n) is 3.11. The monoisotopic (exact) mass is 265 g/mol. The van der Waals surface area contributed by atoms with Gasteiger partial charge in [-0.25, -0.2) is 4.79 Å². The Bertz CT molecular complexity index is 475. The van der Waals surface area contributed by atoms with E-state index in [9.17, 15) is 14.7 Å². The summed E-state index contributed by atoms with van der Waals surface area (Å²) in [5.74, 6) is -0.360. The van der Waals surface area contributed by atoms with Gasteiger partial charge in [-0.15, -0.1) is 0 Å². The zero-order chi connectivity index (χ0) is 13.1. The van der Waals surface area contributed by atoms with Gasteiger partial charge in [0.1, 0.15) is 6.04 Å². The fourth-order valence-corrected chi connectivity index (χ4v) is 2.63. The van der Waals surface area contributed by atoms with Gasteiger partial charge < -0.3 is 10.0 Å². The van der Waals surface area contributed by atoms with Gasteiger partial charge in [-0.3, -0.25) is 4.79 Å². The molecule has 0 spiro atoms. The first-order valence-corrected chi connectivity index (χ1v) is 7.15. The molecule has 0 saturated carbocycles. The summed E-state index contributed by atoms with van der Waals surface area (Å²) in [4.78, 5) is 24.9. The highest BCUT2D eigenvalue weighted by Crippen LogP contribution is 2.25. The average molecular weight is 265 g/mol. The molecule has 5 heteroatoms. The zero-order valence-electron chi connectivity index (χ0n) is 10.1. The summed E-state index contributed by atoms with van der Waals surface area (Å²) in [5, 5.41) is 9.25. The Morgan fingerprint density at radius 1 is 1.50 bits per heavy atom. The SMILES string of the molecule is CSCC[C@@H](C(=O)O)N1Cc2ccccc2C1=O. The van der Waals surface area contributed by atoms with Crippen molar-refractivity contribution in [2.75, 3.05) is 12.0 Å². The van der Waals surface area contributed by atoms with Crippen molar-refractivity contribution in [1.29, 1.82) is 0 Å². The maximum atomic E-state index is 12.2. The van der Waals surface area contributed by atoms with E-state index in [4.69, 9.17) is 0 Å². The molecule has 1 atom stereocenters. The summed E-state index contributed by atoms with van der Waals surface area (Å²) in [6, 6.07) is 6.58. The fraction of sp³-hybridized carbons (Fsp3) is 0.385. The highest BCUT2D eigenvalue weighted by atomic mass is 32.2. The number of hydrogen-bond acceptors (Lipinski definition) is 3. The van der Waals surface area contributed by atoms with E-state index in [-0.39, 0.29) is 5.91 Å². The van der Waals surface area contributed by atoms with E-state index in [0.717, 1.165) is 11.3 Å². The highest BCUT2D eigenvalue weighted by Gasteiger charge is 2.35. The number of fused-ring (bicyclic) bond motifs is 1. The summed E-state index contributed by atoms with van der Waals surface area (Å²) < 4.78 is 0. The van der Waals surface area contributed by atoms with E-state index < -0.39 is 12.0 Å². The molecule has 4 nitrogen and oxygen atoms in total. The minimum absolute atomic E-state index is 0.167. The van der Waals surface area contributed by atoms with Crippen molar-refractivity contribution >= 4 is 23.6 Å². The molecule has 0 saturated heterocycles. The second-order valence-corrected chi connectivity index (χ2v) is 5.21. The quantitative estimate of drug-likeness (QED) is 0.882. The van der Waals surface area contributed by atoms with E-state index in [1.54, 1.807) is 23.9 Å². The number of carboxylic acid groups (broad SMARTS) is 1. The van der Waals surface area contributed by atoms with Gasteiger partial charge in [0.05, 0.1) is 0 Å². The standard InChI is InChI=1S/C13H15NO3S/c1-18-7-6-11(13(16)17)14-8-9-4-2-3-5-10(9)12(14)15/h2-5,11H,6-8H2,1H3,(H,16,17)/t11-/m0/s1. The second-order valence-electron chi connectivity index (χ2n) is 4.23. The van der Waals surface area contributed by atoms with E-state index in [1.165, 1.54) is 4.90 Å². The number of nitrogens with zero attached hydrogens (tertiary/aromatic N) is 1. The number of benzene rings is 1. The molecule has 0 radical (unpaired) electrons. The van der Waals surface area contributed by atoms with Crippen LogP contribution >= 0.6 is 11.8 Å². The zero-order valence-corrected chi connectivity index (χ0v) is 10.9. The average Bonchev–Trinajstić information content (AvgIpc) is 2.68. The Balaban J connectivity index is 2.20. The Morgan fingerprint density at radius 2 is 2.22 bits per heavy atom. The van der Waals surface area contributed by atoms with Crippen molar-refractivity contribution in [2.24, 2.45) is 0 Å². The summed E-state index contributed by atoms with van der Waals surface area (Å²) in [7, 11) is 0. The van der Waals surface area contributed by atoms with Gasteiger partial charge in [-0.1, -0.05) is 18.2 Å². The van der Waals surface area contributed by atoms with Crippen molar-refractivity contribution in [3.8, 4) is 0 Å². The van der Waals surface area contributed by atoms with Crippen LogP contribution in [0.2, 0.25) is 0 Å². The number of carbonyl (C=O) groups excluding carboxylic acids is 1. The number of carbonyl (C=O) groups is 2. The first-order valence-electron chi connectivity index (χ1n) is 5.75. The first-order chi connectivity index (χ1) is 8.65. The molecule has 0 aromatic heterocycles. The van der Waals surface area contributed by atoms with Crippen molar-refractivity contribution in [1.82, 2.24) is 4.90 Å². The molecular formula is C13H15NO3S. The van der Waals surface area contributed by atoms with Gasteiger partial charge >= 0.3 is 5.97 Å². The van der Waals surface area contributed by atoms with E-state index >= 15 is 0 Å². The minimum Gasteiger partial charge on any atom is -0.480 e. The molecule has 96 valence electrons. The lowest BCUT2D eigenvalue weighted by atomic mass is 10.1. The van der Waals surface area contributed by atoms with Crippen molar-refractivity contribution in [3.63, 3.8) is 0 Å². The van der Waals surface area contributed by atoms with Crippen LogP contribution in [0.1, 0.15) is 22.3 Å². The van der Waals surface area contributed by atoms with Crippen LogP contribution in [0.4, 0.5) is 0 Å². The van der Waals surface area contributed by atoms with Crippen molar-refractivity contribution in [2.45, 2.75) is 19.0 Å². The lowest BCUT2D eigenvalue weighted by molar-refractivity contribution is -0.142. The number of carboxylic acids is 1. The van der Waals surface area contributed by atoms with Crippen molar-refractivity contribution in [3.05, 3.63) is 35.4 Å². The maximum Gasteiger partial charge on any atom is 0.326 e. The van der Waals surface area contributed by atoms with Gasteiger partial charge in [0.25, 0.3) is 5.91 Å². The lowest BCUT2D eigenvalue weighted by Gasteiger charge is -2.23. The van der Waals surface area contributed by atoms with Crippen LogP contribution < -0.4 is 0 Å². The predicted octanol–water partition coefficient (Wildman–Crippen LogP) is 1.85. The van der Waals surface area contributed by atoms with E-state index in [0.29, 0.717) is 18.5 Å². The summed E-state index contributed by atoms with van der Waals surface area (Å²) in [6.07, 6.45) is 2.41. The Morgan fingerprint density at radius 3 is 2.83 bits per heavy atom. The number of amides is 1. The predicted molar refractivity (Wildman–Crippen MR) is 70.7 cm³/mol. The van der Waals surface area contributed by atoms with Crippen LogP contribution in [0, 0.1) is 0 Å². The van der Waals surface area contributed by atoms with Gasteiger partial charge in [0.15, 0.2) is 0 Å². The van der Waals surface area contributed by atoms with Gasteiger partial charge in [-0.05, 0) is 30.1 Å². The minimum atomic E-state index is -0.926. The van der Waals surface area contributed by atoms with Gasteiger partial charge in [0, 0.05) is 12.1 Å². The smallest absolute Gasteiger partial charge is 0.326 e. The molecule has 1 aliphatic heterocycles. The second kappa shape index (κ2) is 5.44. The number of aliphatic carboxylic acids is 1. The molecule has 0 fully saturated rings. The Hall–Kier alpha value is -1.49. The molecule has 1 aliphatic rings. The molecule has 0 unspecified atom stereocenters. The molecule has 0 aliphatic carbocycles. The summed E-state index contributed by atoms with van der Waals surface area (Å²) >= 11 is 1.59. The fourth-order valence-electron chi connectivity index (χ4n) is 2.17. The normalized spacial score (nSPS) is 15.6. The van der Waals surface area contributed by atoms with Crippen LogP contribution in [0.15, 0.2) is 24.3 Å². The molecule has 0 bridgehead atoms. The Labute approximate surface area is 110 Å². The van der Waals surface area contributed by atoms with E-state index in [1.807, 2.05) is 18.4 Å². The molecule has 1 aromatic carbocycles. The topological polar surface area (TPSA) is 57.6 Å². The van der Waals surface area contributed by atoms with E-state index in [2.05, 4.69) is 0 Å². The Kier molecular flexibility index (Phi) is 3.91. The highest BCUT2D eigenvalue weighted by molar-refractivity contribution is 7.98. The molecule has 2 rings (SSSR count). The maximum absolute atomic E-state index is 12.2. The number of thioether (sulfide) groups is 1. The third-order valence-corrected chi connectivity index (χ3v) is 3.75. The molecule has 1 N–H and O–H groups in total. The van der Waals surface area contributed by atoms with Crippen LogP contribution in [-0.2, 0) is 11.3 Å². The van der Waals surface area contributed by atoms with Crippen molar-refractivity contribution < 1.29 is 14.7 Å². The molecule has 1 aromatic rings. The van der Waals surface area contributed by atoms with Crippen LogP contribution in [0.5, 0.6) is 0 Å². The molecule has 1 amide bonds. The largest absolute Gasteiger partial charge is 0.480 e. The lowest BCUT2D eigenvalue weighted by Crippen LogP contribution is -2.41. The van der Waals surface area contributed by atoms with Gasteiger partial charge in [0.2, 0.25) is 0 Å². The van der Waals surface area contributed by atoms with Crippen LogP contribution in [-0.4, -0.2) is 39.9 Å². The molecular weight excluding hydrogens is 250 g/mol.